The van der Waals surface area contributed by atoms with Crippen LogP contribution in [-0.2, 0) is 17.8 Å². The van der Waals surface area contributed by atoms with Crippen LogP contribution in [0.5, 0.6) is 0 Å². The molecule has 1 fully saturated rings. The van der Waals surface area contributed by atoms with Crippen molar-refractivity contribution >= 4 is 30.7 Å². The fraction of sp³-hybridized carbons (Fsp3) is 0.588. The molecule has 0 radical (unpaired) electrons. The predicted octanol–water partition coefficient (Wildman–Crippen LogP) is 1.12. The molecule has 2 aliphatic heterocycles. The quantitative estimate of drug-likeness (QED) is 0.737. The summed E-state index contributed by atoms with van der Waals surface area (Å²) in [5, 5.41) is 15.5. The van der Waals surface area contributed by atoms with E-state index in [1.54, 1.807) is 0 Å². The number of carbonyl (C=O) groups excluding carboxylic acids is 1. The van der Waals surface area contributed by atoms with E-state index >= 15 is 0 Å². The molecule has 136 valence electrons. The first-order valence-electron chi connectivity index (χ1n) is 8.13. The van der Waals surface area contributed by atoms with E-state index in [1.807, 2.05) is 0 Å². The van der Waals surface area contributed by atoms with Crippen molar-refractivity contribution in [1.29, 1.82) is 0 Å². The molecule has 3 N–H and O–H groups in total. The second-order valence-electron chi connectivity index (χ2n) is 6.43. The lowest BCUT2D eigenvalue weighted by atomic mass is 9.99. The SMILES string of the molecule is CC(CNC(=O)C1CC(O)CN1)N1CCc2ccccc2C1.Cl.Cl. The Balaban J connectivity index is 0.00000144. The summed E-state index contributed by atoms with van der Waals surface area (Å²) in [7, 11) is 0. The maximum absolute atomic E-state index is 12.1. The summed E-state index contributed by atoms with van der Waals surface area (Å²) in [5.41, 5.74) is 2.84. The van der Waals surface area contributed by atoms with E-state index < -0.39 is 6.10 Å². The maximum Gasteiger partial charge on any atom is 0.237 e. The lowest BCUT2D eigenvalue weighted by Gasteiger charge is -2.34. The van der Waals surface area contributed by atoms with Gasteiger partial charge in [0, 0.05) is 32.2 Å². The van der Waals surface area contributed by atoms with Crippen molar-refractivity contribution in [2.24, 2.45) is 0 Å². The van der Waals surface area contributed by atoms with Crippen LogP contribution < -0.4 is 10.6 Å². The first kappa shape index (κ1) is 21.2. The molecule has 0 aliphatic carbocycles. The second-order valence-corrected chi connectivity index (χ2v) is 6.43. The average Bonchev–Trinajstić information content (AvgIpc) is 2.98. The number of nitrogens with one attached hydrogen (secondary N) is 2. The number of hydrogen-bond acceptors (Lipinski definition) is 4. The zero-order valence-corrected chi connectivity index (χ0v) is 15.5. The van der Waals surface area contributed by atoms with Crippen LogP contribution in [0.4, 0.5) is 0 Å². The standard InChI is InChI=1S/C17H25N3O2.2ClH/c1-12(9-19-17(22)16-8-15(21)10-18-16)20-7-6-13-4-2-3-5-14(13)11-20;;/h2-5,12,15-16,18,21H,6-11H2,1H3,(H,19,22);2*1H. The number of rotatable bonds is 4. The number of fused-ring (bicyclic) bond motifs is 1. The van der Waals surface area contributed by atoms with Gasteiger partial charge in [-0.25, -0.2) is 0 Å². The molecule has 5 nitrogen and oxygen atoms in total. The summed E-state index contributed by atoms with van der Waals surface area (Å²) in [6, 6.07) is 8.65. The van der Waals surface area contributed by atoms with Crippen LogP contribution in [0.1, 0.15) is 24.5 Å². The molecular formula is C17H27Cl2N3O2. The highest BCUT2D eigenvalue weighted by molar-refractivity contribution is 5.85. The van der Waals surface area contributed by atoms with Crippen LogP contribution >= 0.6 is 24.8 Å². The molecule has 0 bridgehead atoms. The lowest BCUT2D eigenvalue weighted by Crippen LogP contribution is -2.48. The molecule has 3 rings (SSSR count). The molecule has 24 heavy (non-hydrogen) atoms. The van der Waals surface area contributed by atoms with Crippen LogP contribution in [-0.4, -0.2) is 53.7 Å². The first-order valence-corrected chi connectivity index (χ1v) is 8.13. The molecule has 2 heterocycles. The van der Waals surface area contributed by atoms with Gasteiger partial charge < -0.3 is 15.7 Å². The topological polar surface area (TPSA) is 64.6 Å². The minimum absolute atomic E-state index is 0. The van der Waals surface area contributed by atoms with Crippen LogP contribution in [0.15, 0.2) is 24.3 Å². The summed E-state index contributed by atoms with van der Waals surface area (Å²) in [6.07, 6.45) is 1.19. The molecule has 1 aromatic rings. The smallest absolute Gasteiger partial charge is 0.237 e. The molecule has 0 saturated carbocycles. The van der Waals surface area contributed by atoms with Crippen molar-refractivity contribution in [2.45, 2.75) is 44.5 Å². The van der Waals surface area contributed by atoms with Gasteiger partial charge in [-0.1, -0.05) is 24.3 Å². The number of β-amino-alcohol motifs (C(OH)–C–C–N with tert-alkyl or cyclic N) is 1. The average molecular weight is 376 g/mol. The van der Waals surface area contributed by atoms with Crippen molar-refractivity contribution in [3.63, 3.8) is 0 Å². The minimum atomic E-state index is -0.397. The van der Waals surface area contributed by atoms with E-state index in [-0.39, 0.29) is 36.8 Å². The number of aliphatic hydroxyl groups excluding tert-OH is 1. The number of benzene rings is 1. The van der Waals surface area contributed by atoms with Gasteiger partial charge in [-0.05, 0) is 30.9 Å². The normalized spacial score (nSPS) is 24.2. The van der Waals surface area contributed by atoms with Gasteiger partial charge in [0.25, 0.3) is 0 Å². The van der Waals surface area contributed by atoms with Gasteiger partial charge in [0.15, 0.2) is 0 Å². The van der Waals surface area contributed by atoms with Crippen LogP contribution in [0, 0.1) is 0 Å². The molecular weight excluding hydrogens is 349 g/mol. The number of halogens is 2. The van der Waals surface area contributed by atoms with E-state index in [1.165, 1.54) is 11.1 Å². The van der Waals surface area contributed by atoms with Gasteiger partial charge in [0.2, 0.25) is 5.91 Å². The van der Waals surface area contributed by atoms with Gasteiger partial charge >= 0.3 is 0 Å². The van der Waals surface area contributed by atoms with E-state index in [4.69, 9.17) is 0 Å². The Morgan fingerprint density at radius 3 is 2.75 bits per heavy atom. The van der Waals surface area contributed by atoms with Gasteiger partial charge in [-0.3, -0.25) is 9.69 Å². The Hall–Kier alpha value is -0.850. The Bertz CT molecular complexity index is 544. The van der Waals surface area contributed by atoms with Crippen LogP contribution in [0.2, 0.25) is 0 Å². The van der Waals surface area contributed by atoms with Crippen molar-refractivity contribution in [2.75, 3.05) is 19.6 Å². The summed E-state index contributed by atoms with van der Waals surface area (Å²) in [4.78, 5) is 14.5. The molecule has 1 saturated heterocycles. The second kappa shape index (κ2) is 9.59. The summed E-state index contributed by atoms with van der Waals surface area (Å²) < 4.78 is 0. The molecule has 1 aromatic carbocycles. The van der Waals surface area contributed by atoms with Crippen LogP contribution in [0.3, 0.4) is 0 Å². The third-order valence-corrected chi connectivity index (χ3v) is 4.78. The van der Waals surface area contributed by atoms with Crippen LogP contribution in [0.25, 0.3) is 0 Å². The van der Waals surface area contributed by atoms with E-state index in [9.17, 15) is 9.90 Å². The van der Waals surface area contributed by atoms with Crippen molar-refractivity contribution in [3.05, 3.63) is 35.4 Å². The number of carbonyl (C=O) groups is 1. The van der Waals surface area contributed by atoms with Gasteiger partial charge in [0.1, 0.15) is 0 Å². The van der Waals surface area contributed by atoms with Gasteiger partial charge in [-0.2, -0.15) is 0 Å². The van der Waals surface area contributed by atoms with Crippen molar-refractivity contribution < 1.29 is 9.90 Å². The molecule has 0 aromatic heterocycles. The minimum Gasteiger partial charge on any atom is -0.392 e. The molecule has 3 atom stereocenters. The fourth-order valence-corrected chi connectivity index (χ4v) is 3.31. The largest absolute Gasteiger partial charge is 0.392 e. The van der Waals surface area contributed by atoms with E-state index in [0.717, 1.165) is 19.5 Å². The van der Waals surface area contributed by atoms with Crippen molar-refractivity contribution in [3.8, 4) is 0 Å². The monoisotopic (exact) mass is 375 g/mol. The Morgan fingerprint density at radius 1 is 1.38 bits per heavy atom. The number of aliphatic hydroxyl groups is 1. The highest BCUT2D eigenvalue weighted by atomic mass is 35.5. The lowest BCUT2D eigenvalue weighted by molar-refractivity contribution is -0.123. The Labute approximate surface area is 156 Å². The number of nitrogens with zero attached hydrogens (tertiary/aromatic N) is 1. The number of hydrogen-bond donors (Lipinski definition) is 3. The van der Waals surface area contributed by atoms with E-state index in [2.05, 4.69) is 46.7 Å². The van der Waals surface area contributed by atoms with Gasteiger partial charge in [-0.15, -0.1) is 24.8 Å². The van der Waals surface area contributed by atoms with Crippen molar-refractivity contribution in [1.82, 2.24) is 15.5 Å². The summed E-state index contributed by atoms with van der Waals surface area (Å²) >= 11 is 0. The highest BCUT2D eigenvalue weighted by Crippen LogP contribution is 2.20. The van der Waals surface area contributed by atoms with E-state index in [0.29, 0.717) is 25.6 Å². The zero-order chi connectivity index (χ0) is 15.5. The summed E-state index contributed by atoms with van der Waals surface area (Å²) in [5.74, 6) is 0.000750. The molecule has 0 spiro atoms. The fourth-order valence-electron chi connectivity index (χ4n) is 3.31. The Kier molecular flexibility index (Phi) is 8.46. The first-order chi connectivity index (χ1) is 10.6. The molecule has 7 heteroatoms. The third kappa shape index (κ3) is 5.07. The van der Waals surface area contributed by atoms with Gasteiger partial charge in [0.05, 0.1) is 12.1 Å². The molecule has 1 amide bonds. The molecule has 3 unspecified atom stereocenters. The maximum atomic E-state index is 12.1. The predicted molar refractivity (Wildman–Crippen MR) is 99.9 cm³/mol. The third-order valence-electron chi connectivity index (χ3n) is 4.78. The zero-order valence-electron chi connectivity index (χ0n) is 13.9. The Morgan fingerprint density at radius 2 is 2.08 bits per heavy atom. The number of amides is 1. The molecule has 2 aliphatic rings. The summed E-state index contributed by atoms with van der Waals surface area (Å²) in [6.45, 7) is 5.30. The highest BCUT2D eigenvalue weighted by Gasteiger charge is 2.28.